The molecular formula is C12H14N4O2. The monoisotopic (exact) mass is 246 g/mol. The molecule has 0 bridgehead atoms. The van der Waals surface area contributed by atoms with Gasteiger partial charge in [-0.1, -0.05) is 35.4 Å². The third-order valence-electron chi connectivity index (χ3n) is 2.71. The van der Waals surface area contributed by atoms with Gasteiger partial charge in [-0.25, -0.2) is 4.79 Å². The van der Waals surface area contributed by atoms with Crippen LogP contribution in [0.5, 0.6) is 0 Å². The van der Waals surface area contributed by atoms with Gasteiger partial charge < -0.3 is 4.74 Å². The van der Waals surface area contributed by atoms with Crippen molar-refractivity contribution < 1.29 is 9.53 Å². The molecule has 1 aromatic rings. The SMILES string of the molecule is [N-]=[N+]=NCN(C(=O)OCc1ccccc1)C1CC1. The van der Waals surface area contributed by atoms with E-state index in [1.165, 1.54) is 4.90 Å². The minimum absolute atomic E-state index is 0.0365. The highest BCUT2D eigenvalue weighted by molar-refractivity contribution is 5.68. The van der Waals surface area contributed by atoms with Crippen LogP contribution in [0, 0.1) is 0 Å². The number of rotatable bonds is 5. The van der Waals surface area contributed by atoms with Crippen molar-refractivity contribution >= 4 is 6.09 Å². The number of ether oxygens (including phenoxy) is 1. The summed E-state index contributed by atoms with van der Waals surface area (Å²) in [4.78, 5) is 16.0. The Labute approximate surface area is 105 Å². The normalized spacial score (nSPS) is 13.6. The minimum Gasteiger partial charge on any atom is -0.445 e. The van der Waals surface area contributed by atoms with Crippen LogP contribution < -0.4 is 0 Å². The molecule has 1 aliphatic rings. The number of hydrogen-bond donors (Lipinski definition) is 0. The zero-order valence-corrected chi connectivity index (χ0v) is 9.90. The molecule has 18 heavy (non-hydrogen) atoms. The number of carbonyl (C=O) groups excluding carboxylic acids is 1. The third kappa shape index (κ3) is 3.40. The molecule has 0 heterocycles. The Morgan fingerprint density at radius 2 is 2.17 bits per heavy atom. The molecule has 6 nitrogen and oxygen atoms in total. The lowest BCUT2D eigenvalue weighted by molar-refractivity contribution is 0.0945. The van der Waals surface area contributed by atoms with E-state index in [1.807, 2.05) is 30.3 Å². The van der Waals surface area contributed by atoms with Gasteiger partial charge in [0.1, 0.15) is 13.3 Å². The van der Waals surface area contributed by atoms with Crippen LogP contribution in [0.2, 0.25) is 0 Å². The van der Waals surface area contributed by atoms with Gasteiger partial charge in [0.2, 0.25) is 0 Å². The fourth-order valence-electron chi connectivity index (χ4n) is 1.61. The van der Waals surface area contributed by atoms with Crippen molar-refractivity contribution in [1.82, 2.24) is 4.90 Å². The Morgan fingerprint density at radius 3 is 2.78 bits per heavy atom. The lowest BCUT2D eigenvalue weighted by Crippen LogP contribution is -2.33. The van der Waals surface area contributed by atoms with Gasteiger partial charge >= 0.3 is 6.09 Å². The van der Waals surface area contributed by atoms with Gasteiger partial charge in [0, 0.05) is 11.0 Å². The van der Waals surface area contributed by atoms with Crippen LogP contribution in [0.1, 0.15) is 18.4 Å². The van der Waals surface area contributed by atoms with E-state index in [0.29, 0.717) is 0 Å². The number of nitrogens with zero attached hydrogens (tertiary/aromatic N) is 4. The lowest BCUT2D eigenvalue weighted by atomic mass is 10.2. The van der Waals surface area contributed by atoms with E-state index in [9.17, 15) is 4.79 Å². The van der Waals surface area contributed by atoms with Crippen molar-refractivity contribution in [2.24, 2.45) is 5.11 Å². The highest BCUT2D eigenvalue weighted by atomic mass is 16.6. The highest BCUT2D eigenvalue weighted by Gasteiger charge is 2.33. The Bertz CT molecular complexity index is 452. The zero-order chi connectivity index (χ0) is 12.8. The summed E-state index contributed by atoms with van der Waals surface area (Å²) in [6.45, 7) is 0.272. The molecule has 94 valence electrons. The number of azide groups is 1. The summed E-state index contributed by atoms with van der Waals surface area (Å²) < 4.78 is 5.19. The van der Waals surface area contributed by atoms with Crippen LogP contribution in [-0.2, 0) is 11.3 Å². The topological polar surface area (TPSA) is 78.3 Å². The van der Waals surface area contributed by atoms with Gasteiger partial charge in [0.15, 0.2) is 0 Å². The second-order valence-electron chi connectivity index (χ2n) is 4.11. The molecule has 6 heteroatoms. The lowest BCUT2D eigenvalue weighted by Gasteiger charge is -2.19. The summed E-state index contributed by atoms with van der Waals surface area (Å²) in [6, 6.07) is 9.64. The molecule has 0 atom stereocenters. The predicted molar refractivity (Wildman–Crippen MR) is 65.5 cm³/mol. The van der Waals surface area contributed by atoms with Crippen molar-refractivity contribution in [2.75, 3.05) is 6.67 Å². The summed E-state index contributed by atoms with van der Waals surface area (Å²) in [5.74, 6) is 0. The molecular weight excluding hydrogens is 232 g/mol. The van der Waals surface area contributed by atoms with E-state index < -0.39 is 6.09 Å². The van der Waals surface area contributed by atoms with Crippen LogP contribution in [-0.4, -0.2) is 23.7 Å². The molecule has 1 saturated carbocycles. The maximum absolute atomic E-state index is 11.8. The average Bonchev–Trinajstić information content (AvgIpc) is 3.22. The van der Waals surface area contributed by atoms with E-state index in [-0.39, 0.29) is 19.3 Å². The van der Waals surface area contributed by atoms with Gasteiger partial charge in [-0.3, -0.25) is 4.90 Å². The Kier molecular flexibility index (Phi) is 4.04. The first-order valence-corrected chi connectivity index (χ1v) is 5.79. The second kappa shape index (κ2) is 5.93. The van der Waals surface area contributed by atoms with Crippen molar-refractivity contribution in [1.29, 1.82) is 0 Å². The molecule has 2 rings (SSSR count). The van der Waals surface area contributed by atoms with Gasteiger partial charge in [-0.05, 0) is 23.9 Å². The zero-order valence-electron chi connectivity index (χ0n) is 9.90. The number of carbonyl (C=O) groups is 1. The minimum atomic E-state index is -0.422. The highest BCUT2D eigenvalue weighted by Crippen LogP contribution is 2.27. The Morgan fingerprint density at radius 1 is 1.44 bits per heavy atom. The quantitative estimate of drug-likeness (QED) is 0.454. The molecule has 0 aromatic heterocycles. The maximum Gasteiger partial charge on any atom is 0.410 e. The average molecular weight is 246 g/mol. The number of hydrogen-bond acceptors (Lipinski definition) is 3. The van der Waals surface area contributed by atoms with E-state index in [4.69, 9.17) is 10.3 Å². The van der Waals surface area contributed by atoms with Crippen LogP contribution in [0.25, 0.3) is 10.4 Å². The van der Waals surface area contributed by atoms with Crippen molar-refractivity contribution in [3.05, 3.63) is 46.3 Å². The number of amides is 1. The molecule has 1 aliphatic carbocycles. The van der Waals surface area contributed by atoms with Crippen molar-refractivity contribution in [2.45, 2.75) is 25.5 Å². The standard InChI is InChI=1S/C12H14N4O2/c13-15-14-9-16(11-6-7-11)12(17)18-8-10-4-2-1-3-5-10/h1-5,11H,6-9H2. The van der Waals surface area contributed by atoms with Crippen LogP contribution >= 0.6 is 0 Å². The van der Waals surface area contributed by atoms with Crippen molar-refractivity contribution in [3.8, 4) is 0 Å². The molecule has 0 saturated heterocycles. The van der Waals surface area contributed by atoms with Gasteiger partial charge in [-0.2, -0.15) is 0 Å². The molecule has 1 fully saturated rings. The summed E-state index contributed by atoms with van der Waals surface area (Å²) in [6.07, 6.45) is 1.47. The summed E-state index contributed by atoms with van der Waals surface area (Å²) in [5.41, 5.74) is 9.22. The molecule has 0 radical (unpaired) electrons. The van der Waals surface area contributed by atoms with Gasteiger partial charge in [0.05, 0.1) is 0 Å². The molecule has 0 N–H and O–H groups in total. The molecule has 0 unspecified atom stereocenters. The van der Waals surface area contributed by atoms with E-state index in [2.05, 4.69) is 10.0 Å². The first kappa shape index (κ1) is 12.3. The smallest absolute Gasteiger partial charge is 0.410 e. The van der Waals surface area contributed by atoms with E-state index in [1.54, 1.807) is 0 Å². The van der Waals surface area contributed by atoms with Crippen LogP contribution in [0.3, 0.4) is 0 Å². The van der Waals surface area contributed by atoms with Crippen LogP contribution in [0.4, 0.5) is 4.79 Å². The van der Waals surface area contributed by atoms with Gasteiger partial charge in [0.25, 0.3) is 0 Å². The second-order valence-corrected chi connectivity index (χ2v) is 4.11. The van der Waals surface area contributed by atoms with E-state index >= 15 is 0 Å². The van der Waals surface area contributed by atoms with Crippen LogP contribution in [0.15, 0.2) is 35.4 Å². The molecule has 1 aromatic carbocycles. The van der Waals surface area contributed by atoms with E-state index in [0.717, 1.165) is 18.4 Å². The summed E-state index contributed by atoms with van der Waals surface area (Å²) in [5, 5.41) is 3.42. The largest absolute Gasteiger partial charge is 0.445 e. The van der Waals surface area contributed by atoms with Crippen molar-refractivity contribution in [3.63, 3.8) is 0 Å². The number of benzene rings is 1. The molecule has 0 spiro atoms. The predicted octanol–water partition coefficient (Wildman–Crippen LogP) is 3.06. The van der Waals surface area contributed by atoms with Gasteiger partial charge in [-0.15, -0.1) is 0 Å². The maximum atomic E-state index is 11.8. The summed E-state index contributed by atoms with van der Waals surface area (Å²) in [7, 11) is 0. The third-order valence-corrected chi connectivity index (χ3v) is 2.71. The Balaban J connectivity index is 1.87. The fraction of sp³-hybridized carbons (Fsp3) is 0.417. The summed E-state index contributed by atoms with van der Waals surface area (Å²) >= 11 is 0. The first-order valence-electron chi connectivity index (χ1n) is 5.79. The Hall–Kier alpha value is -2.20. The molecule has 1 amide bonds. The fourth-order valence-corrected chi connectivity index (χ4v) is 1.61. The first-order chi connectivity index (χ1) is 8.81. The molecule has 0 aliphatic heterocycles.